The first-order chi connectivity index (χ1) is 11.1. The highest BCUT2D eigenvalue weighted by Crippen LogP contribution is 2.35. The largest absolute Gasteiger partial charge is 0.477 e. The van der Waals surface area contributed by atoms with E-state index in [1.165, 1.54) is 6.07 Å². The van der Waals surface area contributed by atoms with Crippen molar-refractivity contribution in [3.05, 3.63) is 21.9 Å². The summed E-state index contributed by atoms with van der Waals surface area (Å²) in [6.07, 6.45) is 3.31. The highest BCUT2D eigenvalue weighted by atomic mass is 32.1. The predicted molar refractivity (Wildman–Crippen MR) is 85.1 cm³/mol. The number of morpholine rings is 1. The molecule has 0 aromatic carbocycles. The molecule has 6 nitrogen and oxygen atoms in total. The van der Waals surface area contributed by atoms with E-state index in [-0.39, 0.29) is 28.8 Å². The fraction of sp³-hybridized carbons (Fsp3) is 0.625. The summed E-state index contributed by atoms with van der Waals surface area (Å²) in [6, 6.07) is 3.09. The molecule has 7 heteroatoms. The van der Waals surface area contributed by atoms with E-state index in [1.807, 2.05) is 4.90 Å². The van der Waals surface area contributed by atoms with E-state index < -0.39 is 5.97 Å². The lowest BCUT2D eigenvalue weighted by Gasteiger charge is -2.40. The number of thiophene rings is 1. The fourth-order valence-electron chi connectivity index (χ4n) is 3.63. The van der Waals surface area contributed by atoms with Crippen LogP contribution in [0.25, 0.3) is 0 Å². The first kappa shape index (κ1) is 16.4. The van der Waals surface area contributed by atoms with Gasteiger partial charge in [-0.25, -0.2) is 4.79 Å². The standard InChI is InChI=1S/C16H21NO5S/c1-21-12-4-2-3-10(12)11-9-22-8-7-17(11)15(18)13-5-6-14(23-13)16(19)20/h5-6,10-12H,2-4,7-9H2,1H3,(H,19,20)/t10-,11-,12+/m0/s1. The van der Waals surface area contributed by atoms with Gasteiger partial charge in [-0.1, -0.05) is 6.42 Å². The van der Waals surface area contributed by atoms with Crippen molar-refractivity contribution in [1.29, 1.82) is 0 Å². The lowest BCUT2D eigenvalue weighted by atomic mass is 9.94. The number of nitrogens with zero attached hydrogens (tertiary/aromatic N) is 1. The average Bonchev–Trinajstić information content (AvgIpc) is 3.23. The van der Waals surface area contributed by atoms with E-state index in [9.17, 15) is 9.59 Å². The molecule has 1 aromatic rings. The van der Waals surface area contributed by atoms with Crippen LogP contribution in [0.2, 0.25) is 0 Å². The van der Waals surface area contributed by atoms with E-state index in [4.69, 9.17) is 14.6 Å². The number of carboxylic acids is 1. The van der Waals surface area contributed by atoms with Crippen LogP contribution in [0.5, 0.6) is 0 Å². The molecule has 2 aliphatic rings. The highest BCUT2D eigenvalue weighted by molar-refractivity contribution is 7.15. The topological polar surface area (TPSA) is 76.1 Å². The first-order valence-corrected chi connectivity index (χ1v) is 8.68. The first-order valence-electron chi connectivity index (χ1n) is 7.86. The van der Waals surface area contributed by atoms with Crippen molar-refractivity contribution in [3.8, 4) is 0 Å². The van der Waals surface area contributed by atoms with Gasteiger partial charge >= 0.3 is 5.97 Å². The third-order valence-corrected chi connectivity index (χ3v) is 5.82. The van der Waals surface area contributed by atoms with Crippen molar-refractivity contribution in [3.63, 3.8) is 0 Å². The van der Waals surface area contributed by atoms with Gasteiger partial charge in [-0.3, -0.25) is 4.79 Å². The van der Waals surface area contributed by atoms with Crippen molar-refractivity contribution in [2.45, 2.75) is 31.4 Å². The van der Waals surface area contributed by atoms with Crippen LogP contribution in [0, 0.1) is 5.92 Å². The molecule has 2 heterocycles. The van der Waals surface area contributed by atoms with Gasteiger partial charge in [-0.05, 0) is 25.0 Å². The molecule has 23 heavy (non-hydrogen) atoms. The number of aromatic carboxylic acids is 1. The maximum absolute atomic E-state index is 12.8. The summed E-state index contributed by atoms with van der Waals surface area (Å²) in [5, 5.41) is 9.03. The second kappa shape index (κ2) is 6.98. The van der Waals surface area contributed by atoms with E-state index in [0.29, 0.717) is 24.6 Å². The number of methoxy groups -OCH3 is 1. The summed E-state index contributed by atoms with van der Waals surface area (Å²) in [7, 11) is 1.72. The van der Waals surface area contributed by atoms with E-state index >= 15 is 0 Å². The van der Waals surface area contributed by atoms with E-state index in [0.717, 1.165) is 30.6 Å². The number of carbonyl (C=O) groups excluding carboxylic acids is 1. The number of rotatable bonds is 4. The summed E-state index contributed by atoms with van der Waals surface area (Å²) in [4.78, 5) is 26.4. The molecule has 0 spiro atoms. The van der Waals surface area contributed by atoms with Crippen molar-refractivity contribution in [2.75, 3.05) is 26.9 Å². The average molecular weight is 339 g/mol. The Hall–Kier alpha value is -1.44. The molecule has 1 amide bonds. The third-order valence-electron chi connectivity index (χ3n) is 4.75. The Morgan fingerprint density at radius 1 is 1.35 bits per heavy atom. The summed E-state index contributed by atoms with van der Waals surface area (Å²) >= 11 is 1.03. The molecular weight excluding hydrogens is 318 g/mol. The molecule has 3 atom stereocenters. The zero-order chi connectivity index (χ0) is 16.4. The number of hydrogen-bond acceptors (Lipinski definition) is 5. The highest BCUT2D eigenvalue weighted by Gasteiger charge is 2.40. The maximum atomic E-state index is 12.8. The molecule has 126 valence electrons. The molecule has 0 radical (unpaired) electrons. The number of carbonyl (C=O) groups is 2. The van der Waals surface area contributed by atoms with Gasteiger partial charge in [0.05, 0.1) is 30.2 Å². The lowest BCUT2D eigenvalue weighted by molar-refractivity contribution is -0.0458. The van der Waals surface area contributed by atoms with Crippen LogP contribution in [0.3, 0.4) is 0 Å². The van der Waals surface area contributed by atoms with Gasteiger partial charge in [0.2, 0.25) is 0 Å². The molecule has 0 bridgehead atoms. The molecule has 1 aromatic heterocycles. The van der Waals surface area contributed by atoms with Crippen LogP contribution in [-0.4, -0.2) is 60.9 Å². The maximum Gasteiger partial charge on any atom is 0.345 e. The van der Waals surface area contributed by atoms with Crippen molar-refractivity contribution >= 4 is 23.2 Å². The zero-order valence-electron chi connectivity index (χ0n) is 13.1. The monoisotopic (exact) mass is 339 g/mol. The molecular formula is C16H21NO5S. The second-order valence-electron chi connectivity index (χ2n) is 5.98. The number of hydrogen-bond donors (Lipinski definition) is 1. The molecule has 0 unspecified atom stereocenters. The minimum Gasteiger partial charge on any atom is -0.477 e. The van der Waals surface area contributed by atoms with Crippen molar-refractivity contribution in [2.24, 2.45) is 5.92 Å². The quantitative estimate of drug-likeness (QED) is 0.909. The number of amides is 1. The van der Waals surface area contributed by atoms with Crippen LogP contribution < -0.4 is 0 Å². The van der Waals surface area contributed by atoms with Crippen LogP contribution in [0.15, 0.2) is 12.1 Å². The van der Waals surface area contributed by atoms with Gasteiger partial charge < -0.3 is 19.5 Å². The Morgan fingerprint density at radius 2 is 2.13 bits per heavy atom. The van der Waals surface area contributed by atoms with Gasteiger partial charge in [-0.2, -0.15) is 0 Å². The third kappa shape index (κ3) is 3.27. The second-order valence-corrected chi connectivity index (χ2v) is 7.06. The van der Waals surface area contributed by atoms with Gasteiger partial charge in [-0.15, -0.1) is 11.3 Å². The number of ether oxygens (including phenoxy) is 2. The van der Waals surface area contributed by atoms with Crippen LogP contribution in [-0.2, 0) is 9.47 Å². The zero-order valence-corrected chi connectivity index (χ0v) is 13.9. The molecule has 1 N–H and O–H groups in total. The summed E-state index contributed by atoms with van der Waals surface area (Å²) in [6.45, 7) is 1.58. The SMILES string of the molecule is CO[C@@H]1CCC[C@H]1[C@@H]1COCCN1C(=O)c1ccc(C(=O)O)s1. The van der Waals surface area contributed by atoms with Crippen LogP contribution in [0.4, 0.5) is 0 Å². The Bertz CT molecular complexity index is 587. The van der Waals surface area contributed by atoms with Crippen LogP contribution in [0.1, 0.15) is 38.6 Å². The smallest absolute Gasteiger partial charge is 0.345 e. The Kier molecular flexibility index (Phi) is 4.99. The number of carboxylic acid groups (broad SMARTS) is 1. The molecule has 1 saturated heterocycles. The summed E-state index contributed by atoms with van der Waals surface area (Å²) < 4.78 is 11.2. The molecule has 3 rings (SSSR count). The van der Waals surface area contributed by atoms with Crippen molar-refractivity contribution < 1.29 is 24.2 Å². The van der Waals surface area contributed by atoms with Gasteiger partial charge in [0.25, 0.3) is 5.91 Å². The van der Waals surface area contributed by atoms with Gasteiger partial charge in [0.1, 0.15) is 4.88 Å². The summed E-state index contributed by atoms with van der Waals surface area (Å²) in [5.41, 5.74) is 0. The molecule has 1 saturated carbocycles. The lowest BCUT2D eigenvalue weighted by Crippen LogP contribution is -2.53. The van der Waals surface area contributed by atoms with Crippen LogP contribution >= 0.6 is 11.3 Å². The summed E-state index contributed by atoms with van der Waals surface area (Å²) in [5.74, 6) is -0.816. The minimum absolute atomic E-state index is 0.000854. The van der Waals surface area contributed by atoms with Gasteiger partial charge in [0, 0.05) is 19.6 Å². The molecule has 2 fully saturated rings. The van der Waals surface area contributed by atoms with E-state index in [1.54, 1.807) is 13.2 Å². The Morgan fingerprint density at radius 3 is 2.83 bits per heavy atom. The normalized spacial score (nSPS) is 28.0. The predicted octanol–water partition coefficient (Wildman–Crippen LogP) is 2.10. The Balaban J connectivity index is 1.80. The molecule has 1 aliphatic heterocycles. The molecule has 1 aliphatic carbocycles. The van der Waals surface area contributed by atoms with Crippen molar-refractivity contribution in [1.82, 2.24) is 4.90 Å². The van der Waals surface area contributed by atoms with E-state index in [2.05, 4.69) is 0 Å². The fourth-order valence-corrected chi connectivity index (χ4v) is 4.43. The minimum atomic E-state index is -0.997. The van der Waals surface area contributed by atoms with Gasteiger partial charge in [0.15, 0.2) is 0 Å². The Labute approximate surface area is 139 Å².